The van der Waals surface area contributed by atoms with Crippen LogP contribution in [-0.2, 0) is 4.79 Å². The van der Waals surface area contributed by atoms with Crippen molar-refractivity contribution in [2.24, 2.45) is 11.7 Å². The summed E-state index contributed by atoms with van der Waals surface area (Å²) in [4.78, 5) is 24.2. The summed E-state index contributed by atoms with van der Waals surface area (Å²) in [6.45, 7) is 2.36. The Morgan fingerprint density at radius 3 is 2.70 bits per heavy atom. The molecule has 128 valence electrons. The van der Waals surface area contributed by atoms with Crippen LogP contribution in [0.3, 0.4) is 0 Å². The third kappa shape index (κ3) is 5.37. The fourth-order valence-corrected chi connectivity index (χ4v) is 3.00. The van der Waals surface area contributed by atoms with Crippen LogP contribution in [0, 0.1) is 5.92 Å². The number of nitrogens with two attached hydrogens (primary N) is 1. The lowest BCUT2D eigenvalue weighted by molar-refractivity contribution is -0.117. The van der Waals surface area contributed by atoms with E-state index in [0.29, 0.717) is 29.2 Å². The van der Waals surface area contributed by atoms with E-state index in [-0.39, 0.29) is 36.2 Å². The number of amides is 2. The predicted octanol–water partition coefficient (Wildman–Crippen LogP) is 2.97. The molecule has 23 heavy (non-hydrogen) atoms. The van der Waals surface area contributed by atoms with E-state index in [1.807, 2.05) is 6.92 Å². The molecule has 1 fully saturated rings. The topological polar surface area (TPSA) is 84.2 Å². The van der Waals surface area contributed by atoms with E-state index in [9.17, 15) is 9.59 Å². The van der Waals surface area contributed by atoms with E-state index in [2.05, 4.69) is 10.6 Å². The molecule has 0 saturated heterocycles. The van der Waals surface area contributed by atoms with Crippen LogP contribution >= 0.6 is 24.0 Å². The fourth-order valence-electron chi connectivity index (χ4n) is 2.83. The Morgan fingerprint density at radius 2 is 2.09 bits per heavy atom. The first kappa shape index (κ1) is 19.7. The Bertz CT molecular complexity index is 566. The van der Waals surface area contributed by atoms with Gasteiger partial charge in [0.1, 0.15) is 0 Å². The van der Waals surface area contributed by atoms with Crippen molar-refractivity contribution in [1.29, 1.82) is 0 Å². The zero-order valence-electron chi connectivity index (χ0n) is 13.1. The van der Waals surface area contributed by atoms with Crippen LogP contribution in [0.4, 0.5) is 5.69 Å². The van der Waals surface area contributed by atoms with Crippen molar-refractivity contribution in [3.8, 4) is 0 Å². The average molecular weight is 360 g/mol. The maximum absolute atomic E-state index is 12.2. The summed E-state index contributed by atoms with van der Waals surface area (Å²) < 4.78 is 0. The van der Waals surface area contributed by atoms with E-state index in [1.54, 1.807) is 18.2 Å². The minimum atomic E-state index is -0.230. The van der Waals surface area contributed by atoms with Crippen LogP contribution in [0.2, 0.25) is 5.02 Å². The lowest BCUT2D eigenvalue weighted by Gasteiger charge is -2.16. The van der Waals surface area contributed by atoms with Crippen molar-refractivity contribution in [3.63, 3.8) is 0 Å². The molecule has 1 aromatic carbocycles. The molecule has 0 radical (unpaired) electrons. The molecule has 1 aliphatic carbocycles. The van der Waals surface area contributed by atoms with E-state index < -0.39 is 0 Å². The normalized spacial score (nSPS) is 19.8. The van der Waals surface area contributed by atoms with Gasteiger partial charge in [-0.15, -0.1) is 12.4 Å². The van der Waals surface area contributed by atoms with Crippen molar-refractivity contribution in [1.82, 2.24) is 5.32 Å². The first-order chi connectivity index (χ1) is 10.5. The van der Waals surface area contributed by atoms with Gasteiger partial charge in [-0.25, -0.2) is 0 Å². The highest BCUT2D eigenvalue weighted by Crippen LogP contribution is 2.28. The Hall–Kier alpha value is -1.30. The summed E-state index contributed by atoms with van der Waals surface area (Å²) in [7, 11) is 0. The highest BCUT2D eigenvalue weighted by Gasteiger charge is 2.26. The second-order valence-electron chi connectivity index (χ2n) is 5.66. The van der Waals surface area contributed by atoms with E-state index in [4.69, 9.17) is 17.3 Å². The molecule has 0 unspecified atom stereocenters. The Kier molecular flexibility index (Phi) is 7.82. The van der Waals surface area contributed by atoms with Gasteiger partial charge in [0.2, 0.25) is 5.91 Å². The van der Waals surface area contributed by atoms with Gasteiger partial charge < -0.3 is 16.4 Å². The summed E-state index contributed by atoms with van der Waals surface area (Å²) in [5.41, 5.74) is 6.85. The Balaban J connectivity index is 0.00000264. The highest BCUT2D eigenvalue weighted by molar-refractivity contribution is 6.31. The van der Waals surface area contributed by atoms with Gasteiger partial charge in [0.25, 0.3) is 5.91 Å². The van der Waals surface area contributed by atoms with Crippen molar-refractivity contribution < 1.29 is 9.59 Å². The van der Waals surface area contributed by atoms with E-state index in [0.717, 1.165) is 19.3 Å². The molecule has 1 saturated carbocycles. The van der Waals surface area contributed by atoms with E-state index in [1.165, 1.54) is 0 Å². The van der Waals surface area contributed by atoms with E-state index >= 15 is 0 Å². The van der Waals surface area contributed by atoms with Crippen molar-refractivity contribution >= 4 is 41.5 Å². The molecule has 0 aromatic heterocycles. The van der Waals surface area contributed by atoms with Gasteiger partial charge in [0.15, 0.2) is 0 Å². The van der Waals surface area contributed by atoms with Gasteiger partial charge in [-0.05, 0) is 43.9 Å². The Morgan fingerprint density at radius 1 is 1.35 bits per heavy atom. The molecule has 2 atom stereocenters. The summed E-state index contributed by atoms with van der Waals surface area (Å²) in [6, 6.07) is 4.94. The molecular weight excluding hydrogens is 337 g/mol. The SMILES string of the molecule is CCNC(=O)c1ccc(Cl)cc1NC(=O)C[C@@H]1CCC[C@H]1N.Cl. The van der Waals surface area contributed by atoms with Crippen LogP contribution in [0.5, 0.6) is 0 Å². The van der Waals surface area contributed by atoms with Crippen molar-refractivity contribution in [2.75, 3.05) is 11.9 Å². The summed E-state index contributed by atoms with van der Waals surface area (Å²) >= 11 is 5.97. The molecule has 0 heterocycles. The number of nitrogens with one attached hydrogen (secondary N) is 2. The third-order valence-corrected chi connectivity index (χ3v) is 4.24. The third-order valence-electron chi connectivity index (χ3n) is 4.00. The molecule has 1 aromatic rings. The molecule has 0 spiro atoms. The smallest absolute Gasteiger partial charge is 0.253 e. The molecule has 4 N–H and O–H groups in total. The number of carbonyl (C=O) groups is 2. The van der Waals surface area contributed by atoms with Crippen LogP contribution in [0.1, 0.15) is 43.0 Å². The summed E-state index contributed by atoms with van der Waals surface area (Å²) in [5.74, 6) is -0.144. The zero-order valence-corrected chi connectivity index (χ0v) is 14.7. The molecule has 0 bridgehead atoms. The molecule has 1 aliphatic rings. The highest BCUT2D eigenvalue weighted by atomic mass is 35.5. The lowest BCUT2D eigenvalue weighted by atomic mass is 9.99. The number of carbonyl (C=O) groups excluding carboxylic acids is 2. The lowest BCUT2D eigenvalue weighted by Crippen LogP contribution is -2.29. The maximum atomic E-state index is 12.2. The summed E-state index contributed by atoms with van der Waals surface area (Å²) in [6.07, 6.45) is 3.40. The van der Waals surface area contributed by atoms with Crippen molar-refractivity contribution in [3.05, 3.63) is 28.8 Å². The minimum absolute atomic E-state index is 0. The molecule has 2 rings (SSSR count). The van der Waals surface area contributed by atoms with Crippen molar-refractivity contribution in [2.45, 2.75) is 38.6 Å². The van der Waals surface area contributed by atoms with Crippen LogP contribution < -0.4 is 16.4 Å². The molecule has 2 amide bonds. The monoisotopic (exact) mass is 359 g/mol. The zero-order chi connectivity index (χ0) is 16.1. The Labute approximate surface area is 147 Å². The molecular formula is C16H23Cl2N3O2. The van der Waals surface area contributed by atoms with Crippen LogP contribution in [0.25, 0.3) is 0 Å². The molecule has 7 heteroatoms. The predicted molar refractivity (Wildman–Crippen MR) is 95.3 cm³/mol. The maximum Gasteiger partial charge on any atom is 0.253 e. The minimum Gasteiger partial charge on any atom is -0.352 e. The number of halogens is 2. The van der Waals surface area contributed by atoms with Crippen LogP contribution in [-0.4, -0.2) is 24.4 Å². The average Bonchev–Trinajstić information content (AvgIpc) is 2.84. The number of rotatable bonds is 5. The van der Waals surface area contributed by atoms with Gasteiger partial charge in [-0.3, -0.25) is 9.59 Å². The van der Waals surface area contributed by atoms with Gasteiger partial charge >= 0.3 is 0 Å². The standard InChI is InChI=1S/C16H22ClN3O2.ClH/c1-2-19-16(22)12-7-6-11(17)9-14(12)20-15(21)8-10-4-3-5-13(10)18;/h6-7,9-10,13H,2-5,8,18H2,1H3,(H,19,22)(H,20,21);1H/t10-,13+;/m0./s1. The quantitative estimate of drug-likeness (QED) is 0.755. The number of benzene rings is 1. The summed E-state index contributed by atoms with van der Waals surface area (Å²) in [5, 5.41) is 5.99. The number of hydrogen-bond acceptors (Lipinski definition) is 3. The second-order valence-corrected chi connectivity index (χ2v) is 6.09. The van der Waals surface area contributed by atoms with Gasteiger partial charge in [0, 0.05) is 24.0 Å². The first-order valence-electron chi connectivity index (χ1n) is 7.64. The second kappa shape index (κ2) is 9.11. The van der Waals surface area contributed by atoms with Gasteiger partial charge in [0.05, 0.1) is 11.3 Å². The van der Waals surface area contributed by atoms with Crippen LogP contribution in [0.15, 0.2) is 18.2 Å². The first-order valence-corrected chi connectivity index (χ1v) is 8.02. The number of anilines is 1. The fraction of sp³-hybridized carbons (Fsp3) is 0.500. The molecule has 5 nitrogen and oxygen atoms in total. The van der Waals surface area contributed by atoms with Gasteiger partial charge in [-0.1, -0.05) is 18.0 Å². The van der Waals surface area contributed by atoms with Gasteiger partial charge in [-0.2, -0.15) is 0 Å². The number of hydrogen-bond donors (Lipinski definition) is 3. The molecule has 0 aliphatic heterocycles. The largest absolute Gasteiger partial charge is 0.352 e.